The molecule has 0 unspecified atom stereocenters. The molecule has 1 saturated heterocycles. The molecule has 0 bridgehead atoms. The summed E-state index contributed by atoms with van der Waals surface area (Å²) in [4.78, 5) is 19.6. The van der Waals surface area contributed by atoms with Crippen LogP contribution < -0.4 is 0 Å². The van der Waals surface area contributed by atoms with Crippen LogP contribution in [0.3, 0.4) is 0 Å². The molecule has 6 heteroatoms. The summed E-state index contributed by atoms with van der Waals surface area (Å²) in [6.45, 7) is 1.49. The highest BCUT2D eigenvalue weighted by Crippen LogP contribution is 2.36. The Bertz CT molecular complexity index is 843. The summed E-state index contributed by atoms with van der Waals surface area (Å²) in [5, 5.41) is 1.55. The van der Waals surface area contributed by atoms with Crippen molar-refractivity contribution in [2.75, 3.05) is 13.1 Å². The first-order valence-corrected chi connectivity index (χ1v) is 8.87. The molecule has 0 spiro atoms. The number of rotatable bonds is 2. The number of hydrogen-bond donors (Lipinski definition) is 0. The Hall–Kier alpha value is -1.85. The predicted molar refractivity (Wildman–Crippen MR) is 93.2 cm³/mol. The minimum Gasteiger partial charge on any atom is -0.336 e. The molecule has 0 saturated carbocycles. The number of carbonyl (C=O) groups excluding carboxylic acids is 1. The molecule has 118 valence electrons. The number of amides is 1. The summed E-state index contributed by atoms with van der Waals surface area (Å²) in [5.74, 6) is 0.0426. The maximum Gasteiger partial charge on any atom is 0.265 e. The molecule has 23 heavy (non-hydrogen) atoms. The smallest absolute Gasteiger partial charge is 0.265 e. The topological polar surface area (TPSA) is 38.1 Å². The fraction of sp³-hybridized carbons (Fsp3) is 0.294. The van der Waals surface area contributed by atoms with Crippen molar-refractivity contribution in [3.8, 4) is 0 Å². The van der Waals surface area contributed by atoms with Crippen molar-refractivity contribution in [2.24, 2.45) is 0 Å². The standard InChI is InChI=1S/C17H16ClN3OS/c18-15-13-5-1-2-6-14(13)23-16(15)17(22)20-8-3-4-12(10-20)21-9-7-19-11-21/h1-2,5-7,9,11-12H,3-4,8,10H2/t12-/m1/s1. The van der Waals surface area contributed by atoms with Crippen molar-refractivity contribution >= 4 is 38.9 Å². The molecule has 2 aromatic heterocycles. The van der Waals surface area contributed by atoms with Crippen LogP contribution >= 0.6 is 22.9 Å². The van der Waals surface area contributed by atoms with Gasteiger partial charge >= 0.3 is 0 Å². The summed E-state index contributed by atoms with van der Waals surface area (Å²) in [6, 6.07) is 8.19. The number of carbonyl (C=O) groups is 1. The Morgan fingerprint density at radius 1 is 1.35 bits per heavy atom. The molecule has 1 fully saturated rings. The molecule has 3 aromatic rings. The number of imidazole rings is 1. The van der Waals surface area contributed by atoms with E-state index in [2.05, 4.69) is 9.55 Å². The minimum atomic E-state index is 0.0426. The number of piperidine rings is 1. The monoisotopic (exact) mass is 345 g/mol. The van der Waals surface area contributed by atoms with Gasteiger partial charge < -0.3 is 9.47 Å². The number of benzene rings is 1. The van der Waals surface area contributed by atoms with Crippen LogP contribution in [-0.2, 0) is 0 Å². The summed E-state index contributed by atoms with van der Waals surface area (Å²) in [5.41, 5.74) is 0. The zero-order chi connectivity index (χ0) is 15.8. The SMILES string of the molecule is O=C(c1sc2ccccc2c1Cl)N1CCC[C@@H](n2ccnc2)C1. The molecule has 3 heterocycles. The van der Waals surface area contributed by atoms with Gasteiger partial charge in [-0.1, -0.05) is 29.8 Å². The zero-order valence-corrected chi connectivity index (χ0v) is 14.1. The number of aromatic nitrogens is 2. The largest absolute Gasteiger partial charge is 0.336 e. The van der Waals surface area contributed by atoms with Crippen molar-refractivity contribution in [1.82, 2.24) is 14.5 Å². The first-order valence-electron chi connectivity index (χ1n) is 7.68. The van der Waals surface area contributed by atoms with Crippen molar-refractivity contribution in [1.29, 1.82) is 0 Å². The molecule has 0 radical (unpaired) electrons. The first-order chi connectivity index (χ1) is 11.2. The Labute approximate surface area is 143 Å². The van der Waals surface area contributed by atoms with E-state index >= 15 is 0 Å². The minimum absolute atomic E-state index is 0.0426. The molecule has 1 amide bonds. The van der Waals surface area contributed by atoms with Crippen LogP contribution in [0.4, 0.5) is 0 Å². The maximum absolute atomic E-state index is 12.9. The van der Waals surface area contributed by atoms with Crippen LogP contribution in [0.2, 0.25) is 5.02 Å². The van der Waals surface area contributed by atoms with Crippen molar-refractivity contribution in [3.05, 3.63) is 52.9 Å². The summed E-state index contributed by atoms with van der Waals surface area (Å²) >= 11 is 7.94. The predicted octanol–water partition coefficient (Wildman–Crippen LogP) is 4.23. The van der Waals surface area contributed by atoms with Crippen LogP contribution in [0.25, 0.3) is 10.1 Å². The van der Waals surface area contributed by atoms with Gasteiger partial charge in [0.15, 0.2) is 0 Å². The van der Waals surface area contributed by atoms with E-state index in [1.165, 1.54) is 11.3 Å². The summed E-state index contributed by atoms with van der Waals surface area (Å²) in [6.07, 6.45) is 7.64. The lowest BCUT2D eigenvalue weighted by Gasteiger charge is -2.33. The van der Waals surface area contributed by atoms with E-state index in [1.807, 2.05) is 41.7 Å². The fourth-order valence-corrected chi connectivity index (χ4v) is 4.64. The van der Waals surface area contributed by atoms with E-state index < -0.39 is 0 Å². The van der Waals surface area contributed by atoms with Crippen LogP contribution in [0.1, 0.15) is 28.6 Å². The number of nitrogens with zero attached hydrogens (tertiary/aromatic N) is 3. The second kappa shape index (κ2) is 5.98. The van der Waals surface area contributed by atoms with Crippen LogP contribution in [0, 0.1) is 0 Å². The van der Waals surface area contributed by atoms with Gasteiger partial charge in [-0.3, -0.25) is 4.79 Å². The van der Waals surface area contributed by atoms with Gasteiger partial charge in [-0.2, -0.15) is 0 Å². The fourth-order valence-electron chi connectivity index (χ4n) is 3.16. The lowest BCUT2D eigenvalue weighted by Crippen LogP contribution is -2.40. The van der Waals surface area contributed by atoms with Gasteiger partial charge in [0, 0.05) is 35.6 Å². The average molecular weight is 346 g/mol. The third kappa shape index (κ3) is 2.64. The van der Waals surface area contributed by atoms with Gasteiger partial charge in [0.2, 0.25) is 0 Å². The number of fused-ring (bicyclic) bond motifs is 1. The molecule has 1 aromatic carbocycles. The number of thiophene rings is 1. The Morgan fingerprint density at radius 2 is 2.22 bits per heavy atom. The van der Waals surface area contributed by atoms with Crippen LogP contribution in [0.5, 0.6) is 0 Å². The Balaban J connectivity index is 1.61. The van der Waals surface area contributed by atoms with E-state index in [0.717, 1.165) is 29.5 Å². The van der Waals surface area contributed by atoms with Gasteiger partial charge in [0.1, 0.15) is 4.88 Å². The van der Waals surface area contributed by atoms with Gasteiger partial charge in [-0.25, -0.2) is 4.98 Å². The third-order valence-corrected chi connectivity index (χ3v) is 6.02. The molecule has 1 aliphatic rings. The highest BCUT2D eigenvalue weighted by atomic mass is 35.5. The second-order valence-electron chi connectivity index (χ2n) is 5.80. The van der Waals surface area contributed by atoms with E-state index in [1.54, 1.807) is 6.20 Å². The Kier molecular flexibility index (Phi) is 3.83. The van der Waals surface area contributed by atoms with Gasteiger partial charge in [-0.15, -0.1) is 11.3 Å². The number of hydrogen-bond acceptors (Lipinski definition) is 3. The third-order valence-electron chi connectivity index (χ3n) is 4.36. The highest BCUT2D eigenvalue weighted by molar-refractivity contribution is 7.21. The quantitative estimate of drug-likeness (QED) is 0.697. The number of halogens is 1. The normalized spacial score (nSPS) is 18.5. The molecule has 0 aliphatic carbocycles. The van der Waals surface area contributed by atoms with Crippen molar-refractivity contribution < 1.29 is 4.79 Å². The van der Waals surface area contributed by atoms with E-state index in [-0.39, 0.29) is 5.91 Å². The maximum atomic E-state index is 12.9. The first kappa shape index (κ1) is 14.7. The molecular weight excluding hydrogens is 330 g/mol. The van der Waals surface area contributed by atoms with Crippen molar-refractivity contribution in [2.45, 2.75) is 18.9 Å². The lowest BCUT2D eigenvalue weighted by molar-refractivity contribution is 0.0684. The highest BCUT2D eigenvalue weighted by Gasteiger charge is 2.28. The molecule has 4 nitrogen and oxygen atoms in total. The van der Waals surface area contributed by atoms with Crippen molar-refractivity contribution in [3.63, 3.8) is 0 Å². The number of likely N-dealkylation sites (tertiary alicyclic amines) is 1. The zero-order valence-electron chi connectivity index (χ0n) is 12.5. The van der Waals surface area contributed by atoms with E-state index in [9.17, 15) is 4.79 Å². The van der Waals surface area contributed by atoms with Crippen LogP contribution in [0.15, 0.2) is 43.0 Å². The molecule has 4 rings (SSSR count). The van der Waals surface area contributed by atoms with Crippen LogP contribution in [-0.4, -0.2) is 33.4 Å². The summed E-state index contributed by atoms with van der Waals surface area (Å²) < 4.78 is 3.15. The Morgan fingerprint density at radius 3 is 3.00 bits per heavy atom. The second-order valence-corrected chi connectivity index (χ2v) is 7.23. The molecule has 1 aliphatic heterocycles. The molecule has 0 N–H and O–H groups in total. The summed E-state index contributed by atoms with van der Waals surface area (Å²) in [7, 11) is 0. The van der Waals surface area contributed by atoms with Gasteiger partial charge in [0.25, 0.3) is 5.91 Å². The molecule has 1 atom stereocenters. The van der Waals surface area contributed by atoms with E-state index in [0.29, 0.717) is 22.5 Å². The van der Waals surface area contributed by atoms with E-state index in [4.69, 9.17) is 11.6 Å². The average Bonchev–Trinajstić information content (AvgIpc) is 3.23. The van der Waals surface area contributed by atoms with Gasteiger partial charge in [-0.05, 0) is 18.9 Å². The lowest BCUT2D eigenvalue weighted by atomic mass is 10.1. The van der Waals surface area contributed by atoms with Gasteiger partial charge in [0.05, 0.1) is 17.4 Å². The molecular formula is C17H16ClN3OS.